The van der Waals surface area contributed by atoms with Gasteiger partial charge in [-0.2, -0.15) is 5.26 Å². The van der Waals surface area contributed by atoms with Gasteiger partial charge in [0.25, 0.3) is 0 Å². The molecule has 106 valence electrons. The quantitative estimate of drug-likeness (QED) is 0.781. The van der Waals surface area contributed by atoms with Crippen LogP contribution in [0, 0.1) is 11.3 Å². The molecular formula is C16H12BrNO2S. The molecule has 21 heavy (non-hydrogen) atoms. The number of fused-ring (bicyclic) bond motifs is 1. The van der Waals surface area contributed by atoms with Gasteiger partial charge in [-0.25, -0.2) is 0 Å². The zero-order valence-electron chi connectivity index (χ0n) is 11.1. The molecule has 1 aliphatic rings. The first-order chi connectivity index (χ1) is 10.3. The fraction of sp³-hybridized carbons (Fsp3) is 0.188. The number of nitrogens with zero attached hydrogens (tertiary/aromatic N) is 1. The van der Waals surface area contributed by atoms with Crippen molar-refractivity contribution in [2.75, 3.05) is 13.2 Å². The van der Waals surface area contributed by atoms with Gasteiger partial charge in [0.05, 0.1) is 24.8 Å². The molecule has 0 atom stereocenters. The molecule has 0 saturated carbocycles. The normalized spacial score (nSPS) is 13.3. The zero-order chi connectivity index (χ0) is 14.7. The first-order valence-electron chi connectivity index (χ1n) is 6.53. The van der Waals surface area contributed by atoms with E-state index in [0.717, 1.165) is 32.2 Å². The van der Waals surface area contributed by atoms with E-state index in [1.807, 2.05) is 36.4 Å². The average Bonchev–Trinajstić information content (AvgIpc) is 2.74. The Morgan fingerprint density at radius 2 is 1.86 bits per heavy atom. The molecule has 0 amide bonds. The Morgan fingerprint density at radius 1 is 1.05 bits per heavy atom. The first kappa shape index (κ1) is 14.3. The Bertz CT molecular complexity index is 712. The highest BCUT2D eigenvalue weighted by atomic mass is 79.9. The van der Waals surface area contributed by atoms with Crippen LogP contribution in [0.25, 0.3) is 0 Å². The molecule has 0 saturated heterocycles. The van der Waals surface area contributed by atoms with Crippen LogP contribution in [-0.2, 0) is 0 Å². The third kappa shape index (κ3) is 3.34. The van der Waals surface area contributed by atoms with Crippen molar-refractivity contribution in [3.63, 3.8) is 0 Å². The molecule has 2 aromatic carbocycles. The third-order valence-electron chi connectivity index (χ3n) is 3.01. The van der Waals surface area contributed by atoms with Crippen LogP contribution in [0.5, 0.6) is 11.5 Å². The van der Waals surface area contributed by atoms with Crippen LogP contribution >= 0.6 is 27.7 Å². The molecule has 2 aromatic rings. The molecule has 0 bridgehead atoms. The van der Waals surface area contributed by atoms with E-state index in [1.54, 1.807) is 11.8 Å². The summed E-state index contributed by atoms with van der Waals surface area (Å²) in [5.41, 5.74) is 0.643. The maximum absolute atomic E-state index is 8.89. The van der Waals surface area contributed by atoms with E-state index in [9.17, 15) is 0 Å². The van der Waals surface area contributed by atoms with Crippen molar-refractivity contribution in [1.29, 1.82) is 5.26 Å². The second kappa shape index (κ2) is 6.42. The molecule has 3 rings (SSSR count). The lowest BCUT2D eigenvalue weighted by atomic mass is 10.2. The van der Waals surface area contributed by atoms with Crippen LogP contribution in [0.4, 0.5) is 0 Å². The molecule has 0 fully saturated rings. The van der Waals surface area contributed by atoms with Crippen LogP contribution in [0.3, 0.4) is 0 Å². The Balaban J connectivity index is 1.85. The van der Waals surface area contributed by atoms with Crippen molar-refractivity contribution in [3.8, 4) is 17.6 Å². The highest BCUT2D eigenvalue weighted by Crippen LogP contribution is 2.39. The number of hydrogen-bond donors (Lipinski definition) is 0. The molecule has 0 aliphatic carbocycles. The maximum Gasteiger partial charge on any atom is 0.162 e. The Morgan fingerprint density at radius 3 is 2.62 bits per heavy atom. The van der Waals surface area contributed by atoms with Crippen molar-refractivity contribution in [1.82, 2.24) is 0 Å². The molecule has 3 nitrogen and oxygen atoms in total. The molecule has 0 N–H and O–H groups in total. The number of nitriles is 1. The summed E-state index contributed by atoms with van der Waals surface area (Å²) in [6.45, 7) is 1.38. The molecule has 0 aromatic heterocycles. The largest absolute Gasteiger partial charge is 0.490 e. The van der Waals surface area contributed by atoms with Gasteiger partial charge in [-0.1, -0.05) is 11.8 Å². The minimum Gasteiger partial charge on any atom is -0.490 e. The number of ether oxygens (including phenoxy) is 2. The van der Waals surface area contributed by atoms with Gasteiger partial charge in [0, 0.05) is 20.7 Å². The minimum absolute atomic E-state index is 0.643. The molecule has 0 spiro atoms. The van der Waals surface area contributed by atoms with Crippen molar-refractivity contribution in [2.24, 2.45) is 0 Å². The SMILES string of the molecule is N#Cc1ccc(Sc2ccc3c(c2)OCCCO3)c(Br)c1. The van der Waals surface area contributed by atoms with E-state index < -0.39 is 0 Å². The number of hydrogen-bond acceptors (Lipinski definition) is 4. The van der Waals surface area contributed by atoms with Crippen molar-refractivity contribution in [2.45, 2.75) is 16.2 Å². The van der Waals surface area contributed by atoms with Crippen LogP contribution in [0.15, 0.2) is 50.7 Å². The van der Waals surface area contributed by atoms with E-state index in [0.29, 0.717) is 18.8 Å². The predicted octanol–water partition coefficient (Wildman–Crippen LogP) is 4.63. The van der Waals surface area contributed by atoms with E-state index in [1.165, 1.54) is 0 Å². The van der Waals surface area contributed by atoms with E-state index in [2.05, 4.69) is 22.0 Å². The van der Waals surface area contributed by atoms with Gasteiger partial charge in [0.2, 0.25) is 0 Å². The monoisotopic (exact) mass is 361 g/mol. The Hall–Kier alpha value is -1.64. The molecule has 0 unspecified atom stereocenters. The standard InChI is InChI=1S/C16H12BrNO2S/c17-13-8-11(10-18)2-5-16(13)21-12-3-4-14-15(9-12)20-7-1-6-19-14/h2-5,8-9H,1,6-7H2. The zero-order valence-corrected chi connectivity index (χ0v) is 13.5. The van der Waals surface area contributed by atoms with Crippen molar-refractivity contribution in [3.05, 3.63) is 46.4 Å². The lowest BCUT2D eigenvalue weighted by molar-refractivity contribution is 0.297. The summed E-state index contributed by atoms with van der Waals surface area (Å²) in [4.78, 5) is 2.13. The van der Waals surface area contributed by atoms with Crippen LogP contribution in [-0.4, -0.2) is 13.2 Å². The van der Waals surface area contributed by atoms with E-state index in [4.69, 9.17) is 14.7 Å². The van der Waals surface area contributed by atoms with Crippen molar-refractivity contribution >= 4 is 27.7 Å². The summed E-state index contributed by atoms with van der Waals surface area (Å²) in [5.74, 6) is 1.60. The van der Waals surface area contributed by atoms with Gasteiger partial charge in [0.15, 0.2) is 11.5 Å². The lowest BCUT2D eigenvalue weighted by Gasteiger charge is -2.10. The van der Waals surface area contributed by atoms with Gasteiger partial charge < -0.3 is 9.47 Å². The summed E-state index contributed by atoms with van der Waals surface area (Å²) in [6.07, 6.45) is 0.901. The molecule has 5 heteroatoms. The minimum atomic E-state index is 0.643. The first-order valence-corrected chi connectivity index (χ1v) is 8.14. The molecule has 1 heterocycles. The average molecular weight is 362 g/mol. The number of rotatable bonds is 2. The summed E-state index contributed by atoms with van der Waals surface area (Å²) in [6, 6.07) is 13.7. The van der Waals surface area contributed by atoms with E-state index in [-0.39, 0.29) is 0 Å². The molecule has 0 radical (unpaired) electrons. The topological polar surface area (TPSA) is 42.2 Å². The van der Waals surface area contributed by atoms with Crippen molar-refractivity contribution < 1.29 is 9.47 Å². The van der Waals surface area contributed by atoms with Crippen LogP contribution in [0.2, 0.25) is 0 Å². The predicted molar refractivity (Wildman–Crippen MR) is 85.0 cm³/mol. The van der Waals surface area contributed by atoms with Gasteiger partial charge in [0.1, 0.15) is 0 Å². The van der Waals surface area contributed by atoms with Gasteiger partial charge in [-0.05, 0) is 52.3 Å². The smallest absolute Gasteiger partial charge is 0.162 e. The fourth-order valence-corrected chi connectivity index (χ4v) is 3.46. The van der Waals surface area contributed by atoms with Gasteiger partial charge in [-0.15, -0.1) is 0 Å². The summed E-state index contributed by atoms with van der Waals surface area (Å²) in [7, 11) is 0. The third-order valence-corrected chi connectivity index (χ3v) is 4.99. The van der Waals surface area contributed by atoms with Gasteiger partial charge >= 0.3 is 0 Å². The van der Waals surface area contributed by atoms with Gasteiger partial charge in [-0.3, -0.25) is 0 Å². The second-order valence-corrected chi connectivity index (χ2v) is 6.49. The highest BCUT2D eigenvalue weighted by molar-refractivity contribution is 9.10. The van der Waals surface area contributed by atoms with Crippen LogP contribution in [0.1, 0.15) is 12.0 Å². The second-order valence-electron chi connectivity index (χ2n) is 4.52. The molecular weight excluding hydrogens is 350 g/mol. The van der Waals surface area contributed by atoms with Crippen LogP contribution < -0.4 is 9.47 Å². The maximum atomic E-state index is 8.89. The van der Waals surface area contributed by atoms with E-state index >= 15 is 0 Å². The summed E-state index contributed by atoms with van der Waals surface area (Å²) >= 11 is 5.13. The summed E-state index contributed by atoms with van der Waals surface area (Å²) in [5, 5.41) is 8.89. The number of benzene rings is 2. The number of halogens is 1. The highest BCUT2D eigenvalue weighted by Gasteiger charge is 2.12. The summed E-state index contributed by atoms with van der Waals surface area (Å²) < 4.78 is 12.2. The Labute approximate surface area is 136 Å². The Kier molecular flexibility index (Phi) is 4.37. The lowest BCUT2D eigenvalue weighted by Crippen LogP contribution is -1.97. The fourth-order valence-electron chi connectivity index (χ4n) is 1.99. The molecule has 1 aliphatic heterocycles.